The van der Waals surface area contributed by atoms with Crippen LogP contribution in [0.4, 0.5) is 13.2 Å². The number of ether oxygens (including phenoxy) is 1. The molecule has 1 aromatic heterocycles. The van der Waals surface area contributed by atoms with Gasteiger partial charge in [0.05, 0.1) is 12.7 Å². The Balaban J connectivity index is 1.84. The van der Waals surface area contributed by atoms with Crippen LogP contribution < -0.4 is 10.1 Å². The summed E-state index contributed by atoms with van der Waals surface area (Å²) in [5.74, 6) is 1.69. The van der Waals surface area contributed by atoms with Crippen molar-refractivity contribution in [3.8, 4) is 5.75 Å². The molecule has 0 radical (unpaired) electrons. The lowest BCUT2D eigenvalue weighted by molar-refractivity contribution is -0.153. The number of nitrogens with zero attached hydrogens (tertiary/aromatic N) is 1. The maximum Gasteiger partial charge on any atom is 0.422 e. The van der Waals surface area contributed by atoms with Crippen LogP contribution in [0.5, 0.6) is 5.75 Å². The second kappa shape index (κ2) is 8.19. The van der Waals surface area contributed by atoms with E-state index in [4.69, 9.17) is 9.15 Å². The Bertz CT molecular complexity index is 624. The van der Waals surface area contributed by atoms with Crippen molar-refractivity contribution in [3.05, 3.63) is 47.7 Å². The van der Waals surface area contributed by atoms with Gasteiger partial charge in [0.1, 0.15) is 11.5 Å². The molecule has 0 spiro atoms. The highest BCUT2D eigenvalue weighted by Gasteiger charge is 2.28. The number of halogens is 3. The molecular weight excluding hydrogens is 321 g/mol. The van der Waals surface area contributed by atoms with Crippen molar-refractivity contribution in [2.45, 2.75) is 45.5 Å². The van der Waals surface area contributed by atoms with E-state index in [0.717, 1.165) is 30.1 Å². The van der Waals surface area contributed by atoms with E-state index in [9.17, 15) is 13.2 Å². The molecule has 2 rings (SSSR count). The molecule has 0 saturated carbocycles. The Morgan fingerprint density at radius 2 is 1.96 bits per heavy atom. The first-order chi connectivity index (χ1) is 11.4. The fourth-order valence-corrected chi connectivity index (χ4v) is 2.15. The molecule has 0 aliphatic rings. The summed E-state index contributed by atoms with van der Waals surface area (Å²) < 4.78 is 46.6. The molecular formula is C17H21F3N2O2. The van der Waals surface area contributed by atoms with Crippen molar-refractivity contribution in [2.75, 3.05) is 6.61 Å². The first-order valence-electron chi connectivity index (χ1n) is 7.84. The van der Waals surface area contributed by atoms with Gasteiger partial charge in [-0.1, -0.05) is 19.1 Å². The SMILES string of the molecule is CCCc1ncc(CNC(C)c2ccc(OCC(F)(F)F)cc2)o1. The van der Waals surface area contributed by atoms with Crippen LogP contribution in [0.25, 0.3) is 0 Å². The highest BCUT2D eigenvalue weighted by atomic mass is 19.4. The van der Waals surface area contributed by atoms with Crippen LogP contribution in [0.15, 0.2) is 34.9 Å². The third-order valence-corrected chi connectivity index (χ3v) is 3.43. The number of aromatic nitrogens is 1. The molecule has 1 unspecified atom stereocenters. The van der Waals surface area contributed by atoms with Gasteiger partial charge in [0.2, 0.25) is 0 Å². The lowest BCUT2D eigenvalue weighted by atomic mass is 10.1. The normalized spacial score (nSPS) is 13.0. The van der Waals surface area contributed by atoms with Crippen molar-refractivity contribution in [1.82, 2.24) is 10.3 Å². The van der Waals surface area contributed by atoms with Gasteiger partial charge < -0.3 is 14.5 Å². The Morgan fingerprint density at radius 3 is 2.58 bits per heavy atom. The fourth-order valence-electron chi connectivity index (χ4n) is 2.15. The predicted molar refractivity (Wildman–Crippen MR) is 83.7 cm³/mol. The maximum absolute atomic E-state index is 12.1. The smallest absolute Gasteiger partial charge is 0.422 e. The molecule has 0 amide bonds. The van der Waals surface area contributed by atoms with Gasteiger partial charge in [-0.3, -0.25) is 0 Å². The molecule has 2 aromatic rings. The van der Waals surface area contributed by atoms with Crippen LogP contribution in [0.3, 0.4) is 0 Å². The van der Waals surface area contributed by atoms with E-state index in [0.29, 0.717) is 6.54 Å². The van der Waals surface area contributed by atoms with Gasteiger partial charge in [-0.05, 0) is 31.0 Å². The first kappa shape index (κ1) is 18.3. The van der Waals surface area contributed by atoms with Gasteiger partial charge in [-0.15, -0.1) is 0 Å². The molecule has 1 aromatic carbocycles. The van der Waals surface area contributed by atoms with E-state index in [1.54, 1.807) is 18.3 Å². The van der Waals surface area contributed by atoms with Crippen molar-refractivity contribution >= 4 is 0 Å². The number of alkyl halides is 3. The zero-order chi connectivity index (χ0) is 17.6. The summed E-state index contributed by atoms with van der Waals surface area (Å²) in [6.07, 6.45) is -0.832. The minimum Gasteiger partial charge on any atom is -0.484 e. The van der Waals surface area contributed by atoms with Gasteiger partial charge in [-0.25, -0.2) is 4.98 Å². The number of aryl methyl sites for hydroxylation is 1. The number of oxazole rings is 1. The van der Waals surface area contributed by atoms with Crippen LogP contribution in [0.2, 0.25) is 0 Å². The first-order valence-corrected chi connectivity index (χ1v) is 7.84. The van der Waals surface area contributed by atoms with Crippen LogP contribution in [0.1, 0.15) is 43.5 Å². The summed E-state index contributed by atoms with van der Waals surface area (Å²) in [6, 6.07) is 6.57. The summed E-state index contributed by atoms with van der Waals surface area (Å²) in [6.45, 7) is 3.27. The van der Waals surface area contributed by atoms with Crippen molar-refractivity contribution in [2.24, 2.45) is 0 Å². The minimum absolute atomic E-state index is 0.0152. The van der Waals surface area contributed by atoms with Gasteiger partial charge >= 0.3 is 6.18 Å². The summed E-state index contributed by atoms with van der Waals surface area (Å²) >= 11 is 0. The second-order valence-electron chi connectivity index (χ2n) is 5.55. The molecule has 0 aliphatic carbocycles. The molecule has 0 bridgehead atoms. The molecule has 1 heterocycles. The van der Waals surface area contributed by atoms with Crippen molar-refractivity contribution < 1.29 is 22.3 Å². The zero-order valence-electron chi connectivity index (χ0n) is 13.7. The molecule has 24 heavy (non-hydrogen) atoms. The minimum atomic E-state index is -4.33. The number of rotatable bonds is 8. The van der Waals surface area contributed by atoms with Crippen molar-refractivity contribution in [1.29, 1.82) is 0 Å². The average Bonchev–Trinajstić information content (AvgIpc) is 2.98. The van der Waals surface area contributed by atoms with E-state index in [-0.39, 0.29) is 11.8 Å². The quantitative estimate of drug-likeness (QED) is 0.771. The van der Waals surface area contributed by atoms with E-state index >= 15 is 0 Å². The van der Waals surface area contributed by atoms with E-state index in [1.807, 2.05) is 6.92 Å². The lowest BCUT2D eigenvalue weighted by Gasteiger charge is -2.14. The lowest BCUT2D eigenvalue weighted by Crippen LogP contribution is -2.19. The van der Waals surface area contributed by atoms with Crippen molar-refractivity contribution in [3.63, 3.8) is 0 Å². The summed E-state index contributed by atoms with van der Waals surface area (Å²) in [7, 11) is 0. The molecule has 1 atom stereocenters. The Morgan fingerprint density at radius 1 is 1.25 bits per heavy atom. The Kier molecular flexibility index (Phi) is 6.25. The Hall–Kier alpha value is -2.02. The van der Waals surface area contributed by atoms with Crippen LogP contribution in [-0.2, 0) is 13.0 Å². The van der Waals surface area contributed by atoms with E-state index in [2.05, 4.69) is 17.2 Å². The highest BCUT2D eigenvalue weighted by molar-refractivity contribution is 5.29. The monoisotopic (exact) mass is 342 g/mol. The molecule has 1 N–H and O–H groups in total. The fraction of sp³-hybridized carbons (Fsp3) is 0.471. The third-order valence-electron chi connectivity index (χ3n) is 3.43. The van der Waals surface area contributed by atoms with Gasteiger partial charge in [-0.2, -0.15) is 13.2 Å². The molecule has 132 valence electrons. The van der Waals surface area contributed by atoms with Gasteiger partial charge in [0, 0.05) is 12.5 Å². The molecule has 0 aliphatic heterocycles. The largest absolute Gasteiger partial charge is 0.484 e. The van der Waals surface area contributed by atoms with Crippen LogP contribution in [-0.4, -0.2) is 17.8 Å². The van der Waals surface area contributed by atoms with E-state index < -0.39 is 12.8 Å². The summed E-state index contributed by atoms with van der Waals surface area (Å²) in [5, 5.41) is 3.29. The maximum atomic E-state index is 12.1. The van der Waals surface area contributed by atoms with Gasteiger partial charge in [0.25, 0.3) is 0 Å². The summed E-state index contributed by atoms with van der Waals surface area (Å²) in [5.41, 5.74) is 0.947. The zero-order valence-corrected chi connectivity index (χ0v) is 13.7. The predicted octanol–water partition coefficient (Wildman–Crippen LogP) is 4.42. The molecule has 0 fully saturated rings. The Labute approximate surface area is 139 Å². The number of hydrogen-bond donors (Lipinski definition) is 1. The number of benzene rings is 1. The third kappa shape index (κ3) is 5.88. The summed E-state index contributed by atoms with van der Waals surface area (Å²) in [4.78, 5) is 4.19. The number of nitrogens with one attached hydrogen (secondary N) is 1. The second-order valence-corrected chi connectivity index (χ2v) is 5.55. The van der Waals surface area contributed by atoms with Crippen LogP contribution in [0, 0.1) is 0 Å². The number of hydrogen-bond acceptors (Lipinski definition) is 4. The standard InChI is InChI=1S/C17H21F3N2O2/c1-3-4-16-22-10-15(24-16)9-21-12(2)13-5-7-14(8-6-13)23-11-17(18,19)20/h5-8,10,12,21H,3-4,9,11H2,1-2H3. The highest BCUT2D eigenvalue weighted by Crippen LogP contribution is 2.21. The van der Waals surface area contributed by atoms with Gasteiger partial charge in [0.15, 0.2) is 12.5 Å². The topological polar surface area (TPSA) is 47.3 Å². The van der Waals surface area contributed by atoms with Crippen LogP contribution >= 0.6 is 0 Å². The molecule has 0 saturated heterocycles. The molecule has 7 heteroatoms. The van der Waals surface area contributed by atoms with E-state index in [1.165, 1.54) is 12.1 Å². The average molecular weight is 342 g/mol. The molecule has 4 nitrogen and oxygen atoms in total.